The van der Waals surface area contributed by atoms with Crippen LogP contribution in [0.4, 0.5) is 13.6 Å². The van der Waals surface area contributed by atoms with E-state index in [-0.39, 0.29) is 30.6 Å². The highest BCUT2D eigenvalue weighted by Crippen LogP contribution is 2.29. The Morgan fingerprint density at radius 2 is 2.15 bits per heavy atom. The van der Waals surface area contributed by atoms with Crippen LogP contribution in [0, 0.1) is 5.92 Å². The molecule has 1 unspecified atom stereocenters. The maximum atomic E-state index is 12.4. The third-order valence-corrected chi connectivity index (χ3v) is 4.19. The number of carboxylic acids is 1. The van der Waals surface area contributed by atoms with Crippen LogP contribution in [0.25, 0.3) is 0 Å². The van der Waals surface area contributed by atoms with Gasteiger partial charge in [0.2, 0.25) is 0 Å². The van der Waals surface area contributed by atoms with E-state index in [9.17, 15) is 18.4 Å². The van der Waals surface area contributed by atoms with Crippen molar-refractivity contribution in [3.05, 3.63) is 23.8 Å². The number of likely N-dealkylation sites (tertiary alicyclic amines) is 1. The molecule has 0 bridgehead atoms. The molecule has 0 radical (unpaired) electrons. The van der Waals surface area contributed by atoms with Crippen LogP contribution in [0.3, 0.4) is 0 Å². The zero-order chi connectivity index (χ0) is 19.1. The molecule has 1 aliphatic rings. The molecule has 0 aliphatic carbocycles. The highest BCUT2D eigenvalue weighted by atomic mass is 19.3. The van der Waals surface area contributed by atoms with Crippen LogP contribution < -0.4 is 14.8 Å². The summed E-state index contributed by atoms with van der Waals surface area (Å²) in [5.74, 6) is -1.30. The Morgan fingerprint density at radius 1 is 1.38 bits per heavy atom. The summed E-state index contributed by atoms with van der Waals surface area (Å²) in [5.41, 5.74) is 0.698. The second kappa shape index (κ2) is 9.21. The molecule has 1 heterocycles. The van der Waals surface area contributed by atoms with Gasteiger partial charge in [0.1, 0.15) is 0 Å². The topological polar surface area (TPSA) is 88.1 Å². The van der Waals surface area contributed by atoms with Gasteiger partial charge in [-0.1, -0.05) is 6.07 Å². The molecule has 1 aliphatic heterocycles. The Kier molecular flexibility index (Phi) is 6.99. The molecule has 1 aromatic carbocycles. The van der Waals surface area contributed by atoms with Crippen molar-refractivity contribution in [1.29, 1.82) is 0 Å². The molecule has 2 amide bonds. The minimum atomic E-state index is -2.96. The van der Waals surface area contributed by atoms with Crippen molar-refractivity contribution in [2.75, 3.05) is 26.7 Å². The van der Waals surface area contributed by atoms with E-state index in [0.717, 1.165) is 0 Å². The first-order valence-corrected chi connectivity index (χ1v) is 8.28. The van der Waals surface area contributed by atoms with Crippen LogP contribution in [-0.4, -0.2) is 55.4 Å². The van der Waals surface area contributed by atoms with E-state index in [0.29, 0.717) is 31.4 Å². The van der Waals surface area contributed by atoms with Crippen LogP contribution in [0.15, 0.2) is 18.2 Å². The lowest BCUT2D eigenvalue weighted by Crippen LogP contribution is -2.47. The summed E-state index contributed by atoms with van der Waals surface area (Å²) in [6.45, 7) is -1.96. The van der Waals surface area contributed by atoms with Crippen LogP contribution >= 0.6 is 0 Å². The number of carboxylic acid groups (broad SMARTS) is 1. The number of carbonyl (C=O) groups excluding carboxylic acids is 1. The number of ether oxygens (including phenoxy) is 2. The average Bonchev–Trinajstić information content (AvgIpc) is 2.61. The Bertz CT molecular complexity index is 642. The SMILES string of the molecule is COc1ccc(CCNC(=O)N2CCCC(C(=O)O)C2)cc1OC(F)F. The van der Waals surface area contributed by atoms with E-state index in [1.54, 1.807) is 6.07 Å². The number of nitrogens with one attached hydrogen (secondary N) is 1. The number of urea groups is 1. The van der Waals surface area contributed by atoms with E-state index in [2.05, 4.69) is 10.1 Å². The first kappa shape index (κ1) is 19.7. The van der Waals surface area contributed by atoms with E-state index in [1.165, 1.54) is 24.1 Å². The predicted molar refractivity (Wildman–Crippen MR) is 88.7 cm³/mol. The van der Waals surface area contributed by atoms with Gasteiger partial charge in [-0.05, 0) is 37.0 Å². The molecule has 1 fully saturated rings. The third kappa shape index (κ3) is 5.47. The van der Waals surface area contributed by atoms with E-state index in [1.807, 2.05) is 0 Å². The maximum absolute atomic E-state index is 12.4. The molecule has 144 valence electrons. The van der Waals surface area contributed by atoms with Gasteiger partial charge in [-0.15, -0.1) is 0 Å². The fraction of sp³-hybridized carbons (Fsp3) is 0.529. The smallest absolute Gasteiger partial charge is 0.387 e. The Balaban J connectivity index is 1.87. The zero-order valence-electron chi connectivity index (χ0n) is 14.4. The van der Waals surface area contributed by atoms with Gasteiger partial charge >= 0.3 is 18.6 Å². The Morgan fingerprint density at radius 3 is 2.81 bits per heavy atom. The van der Waals surface area contributed by atoms with Gasteiger partial charge in [0.15, 0.2) is 11.5 Å². The summed E-state index contributed by atoms with van der Waals surface area (Å²) in [4.78, 5) is 24.7. The molecule has 0 aromatic heterocycles. The standard InChI is InChI=1S/C17H22F2N2O5/c1-25-13-5-4-11(9-14(13)26-16(18)19)6-7-20-17(24)21-8-2-3-12(10-21)15(22)23/h4-5,9,12,16H,2-3,6-8,10H2,1H3,(H,20,24)(H,22,23). The second-order valence-corrected chi connectivity index (χ2v) is 5.97. The number of hydrogen-bond acceptors (Lipinski definition) is 4. The van der Waals surface area contributed by atoms with Gasteiger partial charge in [0.25, 0.3) is 0 Å². The molecule has 1 aromatic rings. The van der Waals surface area contributed by atoms with Crippen molar-refractivity contribution in [1.82, 2.24) is 10.2 Å². The van der Waals surface area contributed by atoms with Crippen LogP contribution in [-0.2, 0) is 11.2 Å². The number of alkyl halides is 2. The van der Waals surface area contributed by atoms with Gasteiger partial charge in [0, 0.05) is 19.6 Å². The third-order valence-electron chi connectivity index (χ3n) is 4.19. The monoisotopic (exact) mass is 372 g/mol. The quantitative estimate of drug-likeness (QED) is 0.767. The van der Waals surface area contributed by atoms with Crippen LogP contribution in [0.2, 0.25) is 0 Å². The first-order chi connectivity index (χ1) is 12.4. The summed E-state index contributed by atoms with van der Waals surface area (Å²) >= 11 is 0. The molecule has 9 heteroatoms. The van der Waals surface area contributed by atoms with Crippen molar-refractivity contribution in [2.45, 2.75) is 25.9 Å². The fourth-order valence-corrected chi connectivity index (χ4v) is 2.85. The number of carbonyl (C=O) groups is 2. The number of hydrogen-bond donors (Lipinski definition) is 2. The molecule has 2 rings (SSSR count). The fourth-order valence-electron chi connectivity index (χ4n) is 2.85. The summed E-state index contributed by atoms with van der Waals surface area (Å²) in [7, 11) is 1.36. The first-order valence-electron chi connectivity index (χ1n) is 8.28. The molecule has 26 heavy (non-hydrogen) atoms. The molecular weight excluding hydrogens is 350 g/mol. The molecule has 2 N–H and O–H groups in total. The molecule has 0 spiro atoms. The van der Waals surface area contributed by atoms with Crippen molar-refractivity contribution < 1.29 is 33.0 Å². The number of piperidine rings is 1. The van der Waals surface area contributed by atoms with E-state index in [4.69, 9.17) is 9.84 Å². The summed E-state index contributed by atoms with van der Waals surface area (Å²) in [6.07, 6.45) is 1.63. The maximum Gasteiger partial charge on any atom is 0.387 e. The van der Waals surface area contributed by atoms with E-state index >= 15 is 0 Å². The summed E-state index contributed by atoms with van der Waals surface area (Å²) in [5, 5.41) is 11.8. The highest BCUT2D eigenvalue weighted by Gasteiger charge is 2.27. The predicted octanol–water partition coefficient (Wildman–Crippen LogP) is 2.35. The Hall–Kier alpha value is -2.58. The lowest BCUT2D eigenvalue weighted by Gasteiger charge is -2.30. The second-order valence-electron chi connectivity index (χ2n) is 5.97. The minimum Gasteiger partial charge on any atom is -0.493 e. The number of aliphatic carboxylic acids is 1. The van der Waals surface area contributed by atoms with Crippen molar-refractivity contribution >= 4 is 12.0 Å². The van der Waals surface area contributed by atoms with Crippen LogP contribution in [0.5, 0.6) is 11.5 Å². The number of rotatable bonds is 7. The number of nitrogens with zero attached hydrogens (tertiary/aromatic N) is 1. The van der Waals surface area contributed by atoms with E-state index < -0.39 is 18.5 Å². The van der Waals surface area contributed by atoms with Crippen molar-refractivity contribution in [3.63, 3.8) is 0 Å². The number of methoxy groups -OCH3 is 1. The summed E-state index contributed by atoms with van der Waals surface area (Å²) in [6, 6.07) is 4.34. The average molecular weight is 372 g/mol. The lowest BCUT2D eigenvalue weighted by atomic mass is 9.99. The summed E-state index contributed by atoms with van der Waals surface area (Å²) < 4.78 is 34.3. The molecule has 1 saturated heterocycles. The molecule has 0 saturated carbocycles. The van der Waals surface area contributed by atoms with Gasteiger partial charge < -0.3 is 24.8 Å². The number of amides is 2. The zero-order valence-corrected chi connectivity index (χ0v) is 14.4. The van der Waals surface area contributed by atoms with Gasteiger partial charge in [-0.3, -0.25) is 4.79 Å². The largest absolute Gasteiger partial charge is 0.493 e. The molecular formula is C17H22F2N2O5. The molecule has 1 atom stereocenters. The van der Waals surface area contributed by atoms with Gasteiger partial charge in [0.05, 0.1) is 13.0 Å². The normalized spacial score (nSPS) is 17.1. The minimum absolute atomic E-state index is 0.0633. The lowest BCUT2D eigenvalue weighted by molar-refractivity contribution is -0.143. The number of halogens is 2. The van der Waals surface area contributed by atoms with Crippen molar-refractivity contribution in [2.24, 2.45) is 5.92 Å². The highest BCUT2D eigenvalue weighted by molar-refractivity contribution is 5.76. The number of benzene rings is 1. The Labute approximate surface area is 149 Å². The van der Waals surface area contributed by atoms with Gasteiger partial charge in [-0.2, -0.15) is 8.78 Å². The molecule has 7 nitrogen and oxygen atoms in total. The van der Waals surface area contributed by atoms with Gasteiger partial charge in [-0.25, -0.2) is 4.79 Å². The van der Waals surface area contributed by atoms with Crippen molar-refractivity contribution in [3.8, 4) is 11.5 Å². The van der Waals surface area contributed by atoms with Crippen LogP contribution in [0.1, 0.15) is 18.4 Å².